The van der Waals surface area contributed by atoms with Gasteiger partial charge in [-0.15, -0.1) is 0 Å². The van der Waals surface area contributed by atoms with Crippen LogP contribution in [0, 0.1) is 0 Å². The van der Waals surface area contributed by atoms with Crippen molar-refractivity contribution in [3.05, 3.63) is 42.7 Å². The quantitative estimate of drug-likeness (QED) is 0.689. The van der Waals surface area contributed by atoms with Crippen molar-refractivity contribution in [2.75, 3.05) is 5.73 Å². The molecule has 0 atom stereocenters. The summed E-state index contributed by atoms with van der Waals surface area (Å²) >= 11 is 0. The zero-order chi connectivity index (χ0) is 11.8. The van der Waals surface area contributed by atoms with E-state index in [0.717, 1.165) is 22.2 Å². The van der Waals surface area contributed by atoms with Crippen LogP contribution in [0.1, 0.15) is 0 Å². The zero-order valence-electron chi connectivity index (χ0n) is 9.46. The topological polar surface area (TPSA) is 56.7 Å². The molecule has 2 aromatic heterocycles. The molecule has 2 N–H and O–H groups in total. The minimum absolute atomic E-state index is 0.531. The van der Waals surface area contributed by atoms with Gasteiger partial charge in [-0.1, -0.05) is 12.1 Å². The largest absolute Gasteiger partial charge is 0.369 e. The van der Waals surface area contributed by atoms with Crippen molar-refractivity contribution in [3.8, 4) is 11.1 Å². The second-order valence-electron chi connectivity index (χ2n) is 3.97. The highest BCUT2D eigenvalue weighted by Crippen LogP contribution is 2.24. The number of aromatic nitrogens is 3. The van der Waals surface area contributed by atoms with Crippen LogP contribution in [0.25, 0.3) is 22.2 Å². The molecule has 0 amide bonds. The minimum Gasteiger partial charge on any atom is -0.369 e. The second kappa shape index (κ2) is 3.59. The van der Waals surface area contributed by atoms with Crippen LogP contribution >= 0.6 is 0 Å². The van der Waals surface area contributed by atoms with E-state index >= 15 is 0 Å². The summed E-state index contributed by atoms with van der Waals surface area (Å²) in [5, 5.41) is 0. The van der Waals surface area contributed by atoms with Crippen molar-refractivity contribution in [3.63, 3.8) is 0 Å². The molecule has 3 rings (SSSR count). The van der Waals surface area contributed by atoms with E-state index in [2.05, 4.69) is 16.0 Å². The van der Waals surface area contributed by atoms with Gasteiger partial charge in [0.2, 0.25) is 5.95 Å². The third-order valence-electron chi connectivity index (χ3n) is 2.91. The Hall–Kier alpha value is -2.36. The van der Waals surface area contributed by atoms with Gasteiger partial charge in [-0.2, -0.15) is 0 Å². The maximum absolute atomic E-state index is 5.78. The lowest BCUT2D eigenvalue weighted by atomic mass is 10.1. The summed E-state index contributed by atoms with van der Waals surface area (Å²) in [4.78, 5) is 8.43. The van der Waals surface area contributed by atoms with Gasteiger partial charge in [0.1, 0.15) is 0 Å². The number of pyridine rings is 1. The second-order valence-corrected chi connectivity index (χ2v) is 3.97. The van der Waals surface area contributed by atoms with Gasteiger partial charge < -0.3 is 10.3 Å². The van der Waals surface area contributed by atoms with E-state index in [0.29, 0.717) is 5.95 Å². The smallest absolute Gasteiger partial charge is 0.200 e. The van der Waals surface area contributed by atoms with E-state index in [-0.39, 0.29) is 0 Å². The molecule has 17 heavy (non-hydrogen) atoms. The lowest BCUT2D eigenvalue weighted by Crippen LogP contribution is -1.95. The van der Waals surface area contributed by atoms with Gasteiger partial charge in [0.25, 0.3) is 0 Å². The van der Waals surface area contributed by atoms with Gasteiger partial charge in [-0.25, -0.2) is 4.98 Å². The van der Waals surface area contributed by atoms with E-state index in [1.165, 1.54) is 0 Å². The molecular weight excluding hydrogens is 212 g/mol. The summed E-state index contributed by atoms with van der Waals surface area (Å²) in [6, 6.07) is 10.1. The van der Waals surface area contributed by atoms with Crippen LogP contribution < -0.4 is 5.73 Å². The fourth-order valence-electron chi connectivity index (χ4n) is 1.93. The molecule has 0 aliphatic rings. The molecule has 4 heteroatoms. The molecule has 0 saturated heterocycles. The number of nitrogens with zero attached hydrogens (tertiary/aromatic N) is 3. The number of hydrogen-bond donors (Lipinski definition) is 1. The van der Waals surface area contributed by atoms with Crippen molar-refractivity contribution < 1.29 is 0 Å². The monoisotopic (exact) mass is 224 g/mol. The van der Waals surface area contributed by atoms with Gasteiger partial charge in [-0.3, -0.25) is 4.98 Å². The Morgan fingerprint density at radius 3 is 2.82 bits per heavy atom. The normalized spacial score (nSPS) is 10.9. The Bertz CT molecular complexity index is 670. The van der Waals surface area contributed by atoms with E-state index in [1.54, 1.807) is 6.20 Å². The van der Waals surface area contributed by atoms with Gasteiger partial charge in [0.05, 0.1) is 11.0 Å². The third-order valence-corrected chi connectivity index (χ3v) is 2.91. The molecule has 0 spiro atoms. The number of nitrogen functional groups attached to an aromatic ring is 1. The Balaban J connectivity index is 2.21. The predicted octanol–water partition coefficient (Wildman–Crippen LogP) is 2.22. The van der Waals surface area contributed by atoms with Crippen molar-refractivity contribution in [1.82, 2.24) is 14.5 Å². The number of fused-ring (bicyclic) bond motifs is 1. The molecule has 2 heterocycles. The zero-order valence-corrected chi connectivity index (χ0v) is 9.46. The number of imidazole rings is 1. The van der Waals surface area contributed by atoms with Crippen molar-refractivity contribution >= 4 is 17.0 Å². The van der Waals surface area contributed by atoms with Gasteiger partial charge in [-0.05, 0) is 23.8 Å². The first-order valence-electron chi connectivity index (χ1n) is 5.38. The Morgan fingerprint density at radius 2 is 2.06 bits per heavy atom. The Labute approximate surface area is 98.7 Å². The summed E-state index contributed by atoms with van der Waals surface area (Å²) in [5.41, 5.74) is 9.91. The summed E-state index contributed by atoms with van der Waals surface area (Å²) in [5.74, 6) is 0.531. The van der Waals surface area contributed by atoms with Crippen molar-refractivity contribution in [2.24, 2.45) is 7.05 Å². The molecule has 3 aromatic rings. The number of rotatable bonds is 1. The molecular formula is C13H12N4. The predicted molar refractivity (Wildman–Crippen MR) is 68.4 cm³/mol. The van der Waals surface area contributed by atoms with Gasteiger partial charge >= 0.3 is 0 Å². The number of hydrogen-bond acceptors (Lipinski definition) is 3. The fraction of sp³-hybridized carbons (Fsp3) is 0.0769. The fourth-order valence-corrected chi connectivity index (χ4v) is 1.93. The van der Waals surface area contributed by atoms with E-state index < -0.39 is 0 Å². The molecule has 0 fully saturated rings. The highest BCUT2D eigenvalue weighted by atomic mass is 15.1. The Kier molecular flexibility index (Phi) is 2.08. The van der Waals surface area contributed by atoms with Crippen LogP contribution in [0.15, 0.2) is 42.7 Å². The average Bonchev–Trinajstić information content (AvgIpc) is 2.66. The molecule has 0 unspecified atom stereocenters. The number of nitrogens with two attached hydrogens (primary N) is 1. The first-order chi connectivity index (χ1) is 8.25. The van der Waals surface area contributed by atoms with Crippen LogP contribution in [0.5, 0.6) is 0 Å². The van der Waals surface area contributed by atoms with Crippen LogP contribution in [0.3, 0.4) is 0 Å². The van der Waals surface area contributed by atoms with E-state index in [4.69, 9.17) is 5.73 Å². The van der Waals surface area contributed by atoms with E-state index in [9.17, 15) is 0 Å². The number of anilines is 1. The standard InChI is InChI=1S/C13H12N4/c1-17-12-5-4-9(7-11(12)16-13(17)14)10-3-2-6-15-8-10/h2-8H,1H3,(H2,14,16). The molecule has 0 saturated carbocycles. The third kappa shape index (κ3) is 1.54. The minimum atomic E-state index is 0.531. The van der Waals surface area contributed by atoms with Gasteiger partial charge in [0, 0.05) is 25.0 Å². The van der Waals surface area contributed by atoms with E-state index in [1.807, 2.05) is 42.1 Å². The van der Waals surface area contributed by atoms with Crippen LogP contribution in [0.4, 0.5) is 5.95 Å². The molecule has 0 aliphatic heterocycles. The number of aryl methyl sites for hydroxylation is 1. The van der Waals surface area contributed by atoms with Crippen LogP contribution in [-0.2, 0) is 7.05 Å². The first-order valence-corrected chi connectivity index (χ1v) is 5.38. The average molecular weight is 224 g/mol. The molecule has 0 radical (unpaired) electrons. The molecule has 4 nitrogen and oxygen atoms in total. The SMILES string of the molecule is Cn1c(N)nc2cc(-c3cccnc3)ccc21. The van der Waals surface area contributed by atoms with Gasteiger partial charge in [0.15, 0.2) is 0 Å². The van der Waals surface area contributed by atoms with Crippen molar-refractivity contribution in [1.29, 1.82) is 0 Å². The summed E-state index contributed by atoms with van der Waals surface area (Å²) in [7, 11) is 1.91. The lowest BCUT2D eigenvalue weighted by Gasteiger charge is -2.01. The first kappa shape index (κ1) is 9.84. The lowest BCUT2D eigenvalue weighted by molar-refractivity contribution is 0.965. The van der Waals surface area contributed by atoms with Crippen LogP contribution in [-0.4, -0.2) is 14.5 Å². The van der Waals surface area contributed by atoms with Crippen LogP contribution in [0.2, 0.25) is 0 Å². The highest BCUT2D eigenvalue weighted by Gasteiger charge is 2.06. The highest BCUT2D eigenvalue weighted by molar-refractivity contribution is 5.83. The summed E-state index contributed by atoms with van der Waals surface area (Å²) in [6.07, 6.45) is 3.61. The summed E-state index contributed by atoms with van der Waals surface area (Å²) in [6.45, 7) is 0. The molecule has 1 aromatic carbocycles. The van der Waals surface area contributed by atoms with Crippen molar-refractivity contribution in [2.45, 2.75) is 0 Å². The number of benzene rings is 1. The maximum atomic E-state index is 5.78. The maximum Gasteiger partial charge on any atom is 0.200 e. The Morgan fingerprint density at radius 1 is 1.18 bits per heavy atom. The molecule has 0 aliphatic carbocycles. The summed E-state index contributed by atoms with van der Waals surface area (Å²) < 4.78 is 1.88. The molecule has 84 valence electrons. The molecule has 0 bridgehead atoms.